The molecule has 0 bridgehead atoms. The van der Waals surface area contributed by atoms with Crippen molar-refractivity contribution in [1.29, 1.82) is 0 Å². The Labute approximate surface area is 110 Å². The summed E-state index contributed by atoms with van der Waals surface area (Å²) in [6, 6.07) is 7.35. The van der Waals surface area contributed by atoms with Gasteiger partial charge in [0, 0.05) is 11.6 Å². The molecule has 0 aliphatic heterocycles. The molecule has 0 spiro atoms. The lowest BCUT2D eigenvalue weighted by atomic mass is 9.76. The van der Waals surface area contributed by atoms with Crippen LogP contribution in [0, 0.1) is 17.7 Å². The van der Waals surface area contributed by atoms with Crippen LogP contribution in [0.4, 0.5) is 4.39 Å². The molecule has 1 fully saturated rings. The van der Waals surface area contributed by atoms with Gasteiger partial charge in [-0.2, -0.15) is 0 Å². The first-order valence-electron chi connectivity index (χ1n) is 7.18. The van der Waals surface area contributed by atoms with Crippen molar-refractivity contribution in [3.63, 3.8) is 0 Å². The van der Waals surface area contributed by atoms with E-state index in [1.165, 1.54) is 32.1 Å². The maximum Gasteiger partial charge on any atom is 0.127 e. The monoisotopic (exact) mass is 249 g/mol. The highest BCUT2D eigenvalue weighted by Crippen LogP contribution is 2.38. The van der Waals surface area contributed by atoms with Gasteiger partial charge >= 0.3 is 0 Å². The molecule has 1 atom stereocenters. The van der Waals surface area contributed by atoms with Gasteiger partial charge in [-0.25, -0.2) is 4.39 Å². The predicted molar refractivity (Wildman–Crippen MR) is 73.9 cm³/mol. The van der Waals surface area contributed by atoms with Crippen LogP contribution in [0.3, 0.4) is 0 Å². The smallest absolute Gasteiger partial charge is 0.127 e. The van der Waals surface area contributed by atoms with Crippen LogP contribution in [0.5, 0.6) is 0 Å². The Hall–Kier alpha value is -0.890. The Balaban J connectivity index is 2.08. The molecule has 0 aromatic heterocycles. The first kappa shape index (κ1) is 13.5. The van der Waals surface area contributed by atoms with E-state index >= 15 is 0 Å². The van der Waals surface area contributed by atoms with Gasteiger partial charge in [0.05, 0.1) is 0 Å². The van der Waals surface area contributed by atoms with E-state index in [1.54, 1.807) is 12.1 Å². The lowest BCUT2D eigenvalue weighted by Gasteiger charge is -2.33. The Morgan fingerprint density at radius 3 is 2.44 bits per heavy atom. The quantitative estimate of drug-likeness (QED) is 0.838. The van der Waals surface area contributed by atoms with Crippen molar-refractivity contribution >= 4 is 0 Å². The van der Waals surface area contributed by atoms with Crippen molar-refractivity contribution in [2.45, 2.75) is 45.1 Å². The van der Waals surface area contributed by atoms with E-state index in [-0.39, 0.29) is 11.9 Å². The zero-order chi connectivity index (χ0) is 13.0. The number of rotatable bonds is 4. The van der Waals surface area contributed by atoms with Gasteiger partial charge in [0.2, 0.25) is 0 Å². The third-order valence-corrected chi connectivity index (χ3v) is 4.49. The van der Waals surface area contributed by atoms with Crippen LogP contribution < -0.4 is 5.32 Å². The minimum Gasteiger partial charge on any atom is -0.313 e. The highest BCUT2D eigenvalue weighted by Gasteiger charge is 2.28. The molecule has 0 heterocycles. The first-order valence-corrected chi connectivity index (χ1v) is 7.18. The molecule has 1 nitrogen and oxygen atoms in total. The fourth-order valence-corrected chi connectivity index (χ4v) is 3.30. The number of nitrogens with one attached hydrogen (secondary N) is 1. The Morgan fingerprint density at radius 1 is 1.22 bits per heavy atom. The zero-order valence-corrected chi connectivity index (χ0v) is 11.5. The minimum atomic E-state index is -0.0746. The Kier molecular flexibility index (Phi) is 4.76. The predicted octanol–water partition coefficient (Wildman–Crippen LogP) is 4.30. The summed E-state index contributed by atoms with van der Waals surface area (Å²) in [5.74, 6) is 1.39. The largest absolute Gasteiger partial charge is 0.313 e. The minimum absolute atomic E-state index is 0.0746. The molecular weight excluding hydrogens is 225 g/mol. The van der Waals surface area contributed by atoms with Gasteiger partial charge in [-0.1, -0.05) is 44.4 Å². The molecule has 1 aromatic carbocycles. The van der Waals surface area contributed by atoms with Crippen LogP contribution in [-0.2, 0) is 0 Å². The van der Waals surface area contributed by atoms with Crippen molar-refractivity contribution in [2.24, 2.45) is 11.8 Å². The van der Waals surface area contributed by atoms with Crippen LogP contribution in [0.15, 0.2) is 24.3 Å². The molecule has 0 saturated heterocycles. The maximum atomic E-state index is 13.9. The highest BCUT2D eigenvalue weighted by atomic mass is 19.1. The maximum absolute atomic E-state index is 13.9. The second kappa shape index (κ2) is 6.33. The van der Waals surface area contributed by atoms with Crippen molar-refractivity contribution in [1.82, 2.24) is 5.32 Å². The third-order valence-electron chi connectivity index (χ3n) is 4.49. The van der Waals surface area contributed by atoms with Crippen LogP contribution in [0.1, 0.15) is 50.6 Å². The summed E-state index contributed by atoms with van der Waals surface area (Å²) in [5, 5.41) is 3.32. The third kappa shape index (κ3) is 2.92. The normalized spacial score (nSPS) is 25.9. The van der Waals surface area contributed by atoms with Gasteiger partial charge in [-0.15, -0.1) is 0 Å². The fourth-order valence-electron chi connectivity index (χ4n) is 3.30. The van der Waals surface area contributed by atoms with E-state index in [1.807, 2.05) is 19.2 Å². The van der Waals surface area contributed by atoms with Gasteiger partial charge in [0.1, 0.15) is 5.82 Å². The SMILES string of the molecule is CCC1CCC(C(NC)c2ccccc2F)CC1. The van der Waals surface area contributed by atoms with Crippen LogP contribution in [-0.4, -0.2) is 7.05 Å². The molecule has 1 aromatic rings. The van der Waals surface area contributed by atoms with Crippen LogP contribution in [0.25, 0.3) is 0 Å². The van der Waals surface area contributed by atoms with E-state index < -0.39 is 0 Å². The number of halogens is 1. The van der Waals surface area contributed by atoms with Crippen molar-refractivity contribution in [3.05, 3.63) is 35.6 Å². The molecule has 1 aliphatic carbocycles. The summed E-state index contributed by atoms with van der Waals surface area (Å²) in [6.07, 6.45) is 6.33. The number of benzene rings is 1. The highest BCUT2D eigenvalue weighted by molar-refractivity contribution is 5.22. The first-order chi connectivity index (χ1) is 8.76. The van der Waals surface area contributed by atoms with Crippen LogP contribution in [0.2, 0.25) is 0 Å². The molecule has 1 unspecified atom stereocenters. The molecule has 1 N–H and O–H groups in total. The van der Waals surface area contributed by atoms with Crippen molar-refractivity contribution < 1.29 is 4.39 Å². The molecule has 18 heavy (non-hydrogen) atoms. The van der Waals surface area contributed by atoms with Crippen molar-refractivity contribution in [2.75, 3.05) is 7.05 Å². The van der Waals surface area contributed by atoms with E-state index in [4.69, 9.17) is 0 Å². The second-order valence-electron chi connectivity index (χ2n) is 5.48. The topological polar surface area (TPSA) is 12.0 Å². The van der Waals surface area contributed by atoms with Gasteiger partial charge in [0.25, 0.3) is 0 Å². The lowest BCUT2D eigenvalue weighted by Crippen LogP contribution is -2.29. The number of hydrogen-bond acceptors (Lipinski definition) is 1. The molecule has 1 aliphatic rings. The molecule has 100 valence electrons. The molecule has 2 heteroatoms. The molecular formula is C16H24FN. The summed E-state index contributed by atoms with van der Waals surface area (Å²) in [4.78, 5) is 0. The average molecular weight is 249 g/mol. The van der Waals surface area contributed by atoms with Crippen molar-refractivity contribution in [3.8, 4) is 0 Å². The lowest BCUT2D eigenvalue weighted by molar-refractivity contribution is 0.221. The summed E-state index contributed by atoms with van der Waals surface area (Å²) in [6.45, 7) is 2.28. The summed E-state index contributed by atoms with van der Waals surface area (Å²) in [5.41, 5.74) is 0.833. The van der Waals surface area contributed by atoms with E-state index in [0.29, 0.717) is 5.92 Å². The summed E-state index contributed by atoms with van der Waals surface area (Å²) < 4.78 is 13.9. The molecule has 0 radical (unpaired) electrons. The Morgan fingerprint density at radius 2 is 1.89 bits per heavy atom. The molecule has 1 saturated carbocycles. The van der Waals surface area contributed by atoms with Gasteiger partial charge < -0.3 is 5.32 Å². The zero-order valence-electron chi connectivity index (χ0n) is 11.5. The summed E-state index contributed by atoms with van der Waals surface area (Å²) in [7, 11) is 1.95. The average Bonchev–Trinajstić information content (AvgIpc) is 2.42. The van der Waals surface area contributed by atoms with E-state index in [2.05, 4.69) is 12.2 Å². The van der Waals surface area contributed by atoms with E-state index in [0.717, 1.165) is 11.5 Å². The van der Waals surface area contributed by atoms with Crippen LogP contribution >= 0.6 is 0 Å². The molecule has 2 rings (SSSR count). The second-order valence-corrected chi connectivity index (χ2v) is 5.48. The van der Waals surface area contributed by atoms with Gasteiger partial charge in [-0.3, -0.25) is 0 Å². The standard InChI is InChI=1S/C16H24FN/c1-3-12-8-10-13(11-9-12)16(18-2)14-6-4-5-7-15(14)17/h4-7,12-13,16,18H,3,8-11H2,1-2H3. The summed E-state index contributed by atoms with van der Waals surface area (Å²) >= 11 is 0. The Bertz CT molecular complexity index is 369. The van der Waals surface area contributed by atoms with E-state index in [9.17, 15) is 4.39 Å². The fraction of sp³-hybridized carbons (Fsp3) is 0.625. The van der Waals surface area contributed by atoms with Gasteiger partial charge in [-0.05, 0) is 37.8 Å². The molecule has 0 amide bonds. The number of hydrogen-bond donors (Lipinski definition) is 1. The van der Waals surface area contributed by atoms with Gasteiger partial charge in [0.15, 0.2) is 0 Å².